The van der Waals surface area contributed by atoms with Crippen molar-refractivity contribution in [3.05, 3.63) is 23.8 Å². The number of aliphatic hydroxyl groups is 1. The number of fused-ring (bicyclic) bond motifs is 3. The van der Waals surface area contributed by atoms with Gasteiger partial charge in [-0.15, -0.1) is 0 Å². The molecule has 1 saturated heterocycles. The number of methoxy groups -OCH3 is 1. The molecule has 0 aromatic heterocycles. The van der Waals surface area contributed by atoms with Crippen LogP contribution in [0.15, 0.2) is 18.2 Å². The second-order valence-corrected chi connectivity index (χ2v) is 7.13. The van der Waals surface area contributed by atoms with E-state index in [-0.39, 0.29) is 49.6 Å². The molecule has 0 bridgehead atoms. The summed E-state index contributed by atoms with van der Waals surface area (Å²) in [6.45, 7) is -0.200. The minimum absolute atomic E-state index is 0.00913. The van der Waals surface area contributed by atoms with Crippen molar-refractivity contribution >= 4 is 17.5 Å². The van der Waals surface area contributed by atoms with Gasteiger partial charge in [0.25, 0.3) is 0 Å². The van der Waals surface area contributed by atoms with E-state index in [1.54, 1.807) is 20.2 Å². The van der Waals surface area contributed by atoms with Gasteiger partial charge >= 0.3 is 0 Å². The van der Waals surface area contributed by atoms with E-state index in [0.29, 0.717) is 12.1 Å². The van der Waals surface area contributed by atoms with Gasteiger partial charge < -0.3 is 29.5 Å². The summed E-state index contributed by atoms with van der Waals surface area (Å²) in [5.74, 6) is 0.457. The Morgan fingerprint density at radius 3 is 2.81 bits per heavy atom. The molecule has 1 fully saturated rings. The van der Waals surface area contributed by atoms with E-state index < -0.39 is 6.10 Å². The fourth-order valence-corrected chi connectivity index (χ4v) is 3.67. The van der Waals surface area contributed by atoms with Crippen LogP contribution in [0.2, 0.25) is 0 Å². The van der Waals surface area contributed by atoms with E-state index in [1.165, 1.54) is 12.0 Å². The number of nitrogens with zero attached hydrogens (tertiary/aromatic N) is 1. The maximum atomic E-state index is 12.1. The summed E-state index contributed by atoms with van der Waals surface area (Å²) in [7, 11) is 4.88. The largest absolute Gasteiger partial charge is 0.487 e. The number of carbonyl (C=O) groups is 2. The maximum Gasteiger partial charge on any atom is 0.250 e. The lowest BCUT2D eigenvalue weighted by molar-refractivity contribution is -0.147. The average molecular weight is 378 g/mol. The Balaban J connectivity index is 1.79. The van der Waals surface area contributed by atoms with Crippen LogP contribution in [0.3, 0.4) is 0 Å². The summed E-state index contributed by atoms with van der Waals surface area (Å²) in [6, 6.07) is 5.47. The van der Waals surface area contributed by atoms with Gasteiger partial charge in [-0.25, -0.2) is 0 Å². The standard InChI is InChI=1S/C19H26N2O6/c1-21(2)18(24)8-12-7-14-13-6-11(20-17(23)10-25-3)4-5-15(13)27-19(14)16(9-22)26-12/h4-6,12,14,16,19,22H,7-10H2,1-3H3,(H,20,23)/t12-,14-,16+,19+/m1/s1. The van der Waals surface area contributed by atoms with Crippen molar-refractivity contribution < 1.29 is 28.9 Å². The molecule has 2 aliphatic heterocycles. The fourth-order valence-electron chi connectivity index (χ4n) is 3.67. The number of ether oxygens (including phenoxy) is 3. The van der Waals surface area contributed by atoms with E-state index in [4.69, 9.17) is 14.2 Å². The molecular weight excluding hydrogens is 352 g/mol. The summed E-state index contributed by atoms with van der Waals surface area (Å²) >= 11 is 0. The molecule has 2 aliphatic rings. The first-order valence-corrected chi connectivity index (χ1v) is 8.98. The first kappa shape index (κ1) is 19.6. The van der Waals surface area contributed by atoms with Crippen LogP contribution in [0.5, 0.6) is 5.75 Å². The van der Waals surface area contributed by atoms with Crippen LogP contribution in [-0.2, 0) is 19.1 Å². The lowest BCUT2D eigenvalue weighted by Gasteiger charge is -2.37. The van der Waals surface area contributed by atoms with Gasteiger partial charge in [0.1, 0.15) is 24.6 Å². The molecule has 0 aliphatic carbocycles. The highest BCUT2D eigenvalue weighted by Crippen LogP contribution is 2.47. The molecule has 8 nitrogen and oxygen atoms in total. The summed E-state index contributed by atoms with van der Waals surface area (Å²) in [4.78, 5) is 25.4. The van der Waals surface area contributed by atoms with Crippen LogP contribution in [0, 0.1) is 0 Å². The maximum absolute atomic E-state index is 12.1. The second-order valence-electron chi connectivity index (χ2n) is 7.13. The summed E-state index contributed by atoms with van der Waals surface area (Å²) in [5.41, 5.74) is 1.62. The fraction of sp³-hybridized carbons (Fsp3) is 0.579. The van der Waals surface area contributed by atoms with Gasteiger partial charge in [-0.05, 0) is 24.6 Å². The lowest BCUT2D eigenvalue weighted by atomic mass is 9.84. The predicted octanol–water partition coefficient (Wildman–Crippen LogP) is 0.744. The van der Waals surface area contributed by atoms with Crippen molar-refractivity contribution in [1.82, 2.24) is 4.90 Å². The molecule has 0 radical (unpaired) electrons. The van der Waals surface area contributed by atoms with E-state index in [2.05, 4.69) is 5.32 Å². The van der Waals surface area contributed by atoms with E-state index in [1.807, 2.05) is 12.1 Å². The summed E-state index contributed by atoms with van der Waals surface area (Å²) < 4.78 is 16.8. The van der Waals surface area contributed by atoms with Crippen molar-refractivity contribution in [1.29, 1.82) is 0 Å². The van der Waals surface area contributed by atoms with Crippen LogP contribution in [0.1, 0.15) is 24.3 Å². The van der Waals surface area contributed by atoms with Crippen LogP contribution < -0.4 is 10.1 Å². The highest BCUT2D eigenvalue weighted by Gasteiger charge is 2.46. The Hall–Kier alpha value is -2.16. The van der Waals surface area contributed by atoms with E-state index in [0.717, 1.165) is 11.3 Å². The smallest absolute Gasteiger partial charge is 0.250 e. The molecule has 3 rings (SSSR count). The molecule has 2 N–H and O–H groups in total. The number of anilines is 1. The zero-order chi connectivity index (χ0) is 19.6. The Bertz CT molecular complexity index is 707. The molecule has 0 spiro atoms. The Kier molecular flexibility index (Phi) is 5.98. The number of nitrogens with one attached hydrogen (secondary N) is 1. The van der Waals surface area contributed by atoms with Crippen molar-refractivity contribution in [2.75, 3.05) is 39.7 Å². The van der Waals surface area contributed by atoms with Gasteiger partial charge in [0.2, 0.25) is 11.8 Å². The Morgan fingerprint density at radius 2 is 2.15 bits per heavy atom. The van der Waals surface area contributed by atoms with Crippen LogP contribution in [0.4, 0.5) is 5.69 Å². The van der Waals surface area contributed by atoms with Crippen LogP contribution in [-0.4, -0.2) is 74.6 Å². The van der Waals surface area contributed by atoms with Crippen LogP contribution in [0.25, 0.3) is 0 Å². The van der Waals surface area contributed by atoms with Gasteiger partial charge in [-0.2, -0.15) is 0 Å². The molecule has 1 aromatic carbocycles. The number of hydrogen-bond acceptors (Lipinski definition) is 6. The van der Waals surface area contributed by atoms with Gasteiger partial charge in [0.15, 0.2) is 0 Å². The monoisotopic (exact) mass is 378 g/mol. The molecule has 4 atom stereocenters. The van der Waals surface area contributed by atoms with Crippen molar-refractivity contribution in [2.24, 2.45) is 0 Å². The molecule has 2 heterocycles. The number of amides is 2. The zero-order valence-electron chi connectivity index (χ0n) is 15.8. The Labute approximate surface area is 158 Å². The van der Waals surface area contributed by atoms with Gasteiger partial charge in [-0.3, -0.25) is 9.59 Å². The molecule has 0 saturated carbocycles. The van der Waals surface area contributed by atoms with E-state index in [9.17, 15) is 14.7 Å². The zero-order valence-corrected chi connectivity index (χ0v) is 15.8. The van der Waals surface area contributed by atoms with Crippen molar-refractivity contribution in [3.8, 4) is 5.75 Å². The van der Waals surface area contributed by atoms with Gasteiger partial charge in [0, 0.05) is 38.4 Å². The number of aliphatic hydroxyl groups excluding tert-OH is 1. The second kappa shape index (κ2) is 8.24. The molecule has 148 valence electrons. The molecule has 0 unspecified atom stereocenters. The molecule has 1 aromatic rings. The molecule has 8 heteroatoms. The summed E-state index contributed by atoms with van der Waals surface area (Å²) in [5, 5.41) is 12.5. The van der Waals surface area contributed by atoms with E-state index >= 15 is 0 Å². The summed E-state index contributed by atoms with van der Waals surface area (Å²) in [6.07, 6.45) is -0.224. The lowest BCUT2D eigenvalue weighted by Crippen LogP contribution is -2.47. The molecule has 2 amide bonds. The Morgan fingerprint density at radius 1 is 1.37 bits per heavy atom. The number of hydrogen-bond donors (Lipinski definition) is 2. The van der Waals surface area contributed by atoms with Crippen molar-refractivity contribution in [3.63, 3.8) is 0 Å². The van der Waals surface area contributed by atoms with Gasteiger partial charge in [0.05, 0.1) is 19.1 Å². The third-order valence-corrected chi connectivity index (χ3v) is 4.96. The normalized spacial score (nSPS) is 25.9. The van der Waals surface area contributed by atoms with Crippen LogP contribution >= 0.6 is 0 Å². The quantitative estimate of drug-likeness (QED) is 0.758. The predicted molar refractivity (Wildman–Crippen MR) is 97.8 cm³/mol. The highest BCUT2D eigenvalue weighted by atomic mass is 16.6. The average Bonchev–Trinajstić information content (AvgIpc) is 2.99. The first-order valence-electron chi connectivity index (χ1n) is 8.98. The number of rotatable bonds is 6. The number of carbonyl (C=O) groups excluding carboxylic acids is 2. The minimum Gasteiger partial charge on any atom is -0.487 e. The van der Waals surface area contributed by atoms with Crippen molar-refractivity contribution in [2.45, 2.75) is 37.1 Å². The third kappa shape index (κ3) is 4.23. The highest BCUT2D eigenvalue weighted by molar-refractivity contribution is 5.91. The molecule has 27 heavy (non-hydrogen) atoms. The topological polar surface area (TPSA) is 97.3 Å². The SMILES string of the molecule is COCC(=O)Nc1ccc2c(c1)[C@H]1C[C@H](CC(=O)N(C)C)O[C@@H](CO)[C@H]1O2. The number of benzene rings is 1. The molecular formula is C19H26N2O6. The van der Waals surface area contributed by atoms with Gasteiger partial charge in [-0.1, -0.05) is 0 Å². The third-order valence-electron chi connectivity index (χ3n) is 4.96. The first-order chi connectivity index (χ1) is 12.9. The minimum atomic E-state index is -0.498.